The van der Waals surface area contributed by atoms with E-state index >= 15 is 4.39 Å². The fraction of sp³-hybridized carbons (Fsp3) is 0.409. The lowest BCUT2D eigenvalue weighted by molar-refractivity contribution is -0.756. The molecule has 0 bridgehead atoms. The van der Waals surface area contributed by atoms with Gasteiger partial charge in [0.25, 0.3) is 0 Å². The Morgan fingerprint density at radius 2 is 1.71 bits per heavy atom. The van der Waals surface area contributed by atoms with Crippen molar-refractivity contribution in [3.05, 3.63) is 113 Å². The number of anilines is 1. The average Bonchev–Trinajstić information content (AvgIpc) is 3.19. The summed E-state index contributed by atoms with van der Waals surface area (Å²) in [6.45, 7) is 11.5. The van der Waals surface area contributed by atoms with Crippen LogP contribution in [0.4, 0.5) is 10.1 Å². The molecule has 5 aromatic rings. The van der Waals surface area contributed by atoms with Crippen LogP contribution in [0.3, 0.4) is 0 Å². The van der Waals surface area contributed by atoms with E-state index in [0.29, 0.717) is 0 Å². The van der Waals surface area contributed by atoms with E-state index in [1.54, 1.807) is 6.07 Å². The van der Waals surface area contributed by atoms with Gasteiger partial charge in [-0.1, -0.05) is 65.3 Å². The molecule has 2 aliphatic rings. The normalized spacial score (nSPS) is 17.0. The molecule has 48 heavy (non-hydrogen) atoms. The van der Waals surface area contributed by atoms with Crippen molar-refractivity contribution >= 4 is 16.5 Å². The molecule has 0 spiro atoms. The Labute approximate surface area is 287 Å². The third-order valence-corrected chi connectivity index (χ3v) is 12.0. The highest BCUT2D eigenvalue weighted by Gasteiger charge is 2.50. The standard InChI is InChI=1S/C44H52FN3/c1-9-12-15-29-24-31-21-23-48-42-39(31)36(25-29)43(4,5)41-37(45)20-19-34(40(41)42)32(28-44(48,10-2)11-3)26-30-17-18-33(46(6)7)27-35(30)38-16-13-14-22-47(38)8/h13-14,16-25,27,32H,9-12,15,26,28H2,1-8H3/q+2. The van der Waals surface area contributed by atoms with Crippen molar-refractivity contribution < 1.29 is 13.5 Å². The Kier molecular flexibility index (Phi) is 8.21. The van der Waals surface area contributed by atoms with E-state index in [2.05, 4.69) is 143 Å². The number of hydrogen-bond acceptors (Lipinski definition) is 1. The number of rotatable bonds is 9. The van der Waals surface area contributed by atoms with Gasteiger partial charge >= 0.3 is 0 Å². The van der Waals surface area contributed by atoms with Crippen molar-refractivity contribution in [2.75, 3.05) is 19.0 Å². The minimum Gasteiger partial charge on any atom is -0.378 e. The summed E-state index contributed by atoms with van der Waals surface area (Å²) < 4.78 is 21.4. The van der Waals surface area contributed by atoms with Gasteiger partial charge in [0.2, 0.25) is 11.4 Å². The number of unbranched alkanes of at least 4 members (excludes halogenated alkanes) is 1. The third-order valence-electron chi connectivity index (χ3n) is 12.0. The number of hydrogen-bond donors (Lipinski definition) is 0. The van der Waals surface area contributed by atoms with Gasteiger partial charge in [-0.2, -0.15) is 4.57 Å². The lowest BCUT2D eigenvalue weighted by atomic mass is 9.67. The number of aromatic nitrogens is 2. The predicted octanol–water partition coefficient (Wildman–Crippen LogP) is 9.72. The summed E-state index contributed by atoms with van der Waals surface area (Å²) in [5.74, 6) is 0.131. The minimum absolute atomic E-state index is 0.0847. The first-order valence-corrected chi connectivity index (χ1v) is 18.1. The van der Waals surface area contributed by atoms with Gasteiger partial charge in [-0.3, -0.25) is 0 Å². The second kappa shape index (κ2) is 12.1. The Balaban J connectivity index is 1.51. The van der Waals surface area contributed by atoms with E-state index in [0.717, 1.165) is 56.1 Å². The summed E-state index contributed by atoms with van der Waals surface area (Å²) >= 11 is 0. The van der Waals surface area contributed by atoms with Crippen molar-refractivity contribution in [3.8, 4) is 22.5 Å². The van der Waals surface area contributed by atoms with E-state index in [4.69, 9.17) is 0 Å². The number of aryl methyl sites for hydroxylation is 2. The molecule has 7 rings (SSSR count). The van der Waals surface area contributed by atoms with Crippen molar-refractivity contribution in [2.45, 2.75) is 96.4 Å². The quantitative estimate of drug-likeness (QED) is 0.146. The van der Waals surface area contributed by atoms with Crippen LogP contribution in [0.1, 0.15) is 100 Å². The molecule has 2 aromatic heterocycles. The highest BCUT2D eigenvalue weighted by molar-refractivity contribution is 6.01. The lowest BCUT2D eigenvalue weighted by Gasteiger charge is -2.36. The maximum Gasteiger partial charge on any atom is 0.221 e. The molecule has 0 amide bonds. The van der Waals surface area contributed by atoms with Gasteiger partial charge in [-0.05, 0) is 77.1 Å². The molecule has 4 heteroatoms. The van der Waals surface area contributed by atoms with Crippen LogP contribution in [0.2, 0.25) is 0 Å². The molecular weight excluding hydrogens is 590 g/mol. The largest absolute Gasteiger partial charge is 0.378 e. The smallest absolute Gasteiger partial charge is 0.221 e. The topological polar surface area (TPSA) is 11.0 Å². The van der Waals surface area contributed by atoms with Crippen LogP contribution < -0.4 is 14.0 Å². The van der Waals surface area contributed by atoms with Crippen molar-refractivity contribution in [1.82, 2.24) is 0 Å². The second-order valence-electron chi connectivity index (χ2n) is 15.2. The zero-order chi connectivity index (χ0) is 34.0. The van der Waals surface area contributed by atoms with Gasteiger partial charge in [-0.25, -0.2) is 8.96 Å². The molecule has 1 unspecified atom stereocenters. The average molecular weight is 642 g/mol. The zero-order valence-electron chi connectivity index (χ0n) is 30.3. The summed E-state index contributed by atoms with van der Waals surface area (Å²) in [6, 6.07) is 24.5. The van der Waals surface area contributed by atoms with Gasteiger partial charge < -0.3 is 4.90 Å². The molecule has 0 saturated heterocycles. The van der Waals surface area contributed by atoms with Crippen LogP contribution in [0.15, 0.2) is 79.1 Å². The lowest BCUT2D eigenvalue weighted by Crippen LogP contribution is -2.57. The van der Waals surface area contributed by atoms with E-state index in [1.165, 1.54) is 55.7 Å². The SMILES string of the molecule is CCCCc1cc2c3c4[n+](ccc3c1)C(CC)(CC)CC(Cc1ccc(N(C)C)cc1-c1cccc[n+]1C)c1ccc(F)c(c1-4)C2(C)C. The fourth-order valence-corrected chi connectivity index (χ4v) is 9.12. The van der Waals surface area contributed by atoms with E-state index in [1.807, 2.05) is 0 Å². The van der Waals surface area contributed by atoms with Crippen molar-refractivity contribution in [2.24, 2.45) is 7.05 Å². The Morgan fingerprint density at radius 3 is 2.42 bits per heavy atom. The molecule has 3 heterocycles. The second-order valence-corrected chi connectivity index (χ2v) is 15.2. The van der Waals surface area contributed by atoms with Crippen LogP contribution in [0, 0.1) is 5.82 Å². The molecule has 0 fully saturated rings. The Morgan fingerprint density at radius 1 is 0.917 bits per heavy atom. The number of halogens is 1. The van der Waals surface area contributed by atoms with Crippen LogP contribution in [0.25, 0.3) is 33.3 Å². The molecule has 3 aromatic carbocycles. The first-order chi connectivity index (χ1) is 23.0. The third kappa shape index (κ3) is 4.97. The maximum absolute atomic E-state index is 16.6. The van der Waals surface area contributed by atoms with Gasteiger partial charge in [0.05, 0.1) is 16.5 Å². The zero-order valence-corrected chi connectivity index (χ0v) is 30.3. The first-order valence-electron chi connectivity index (χ1n) is 18.1. The van der Waals surface area contributed by atoms with Crippen molar-refractivity contribution in [1.29, 1.82) is 0 Å². The summed E-state index contributed by atoms with van der Waals surface area (Å²) in [4.78, 5) is 2.18. The highest BCUT2D eigenvalue weighted by atomic mass is 19.1. The van der Waals surface area contributed by atoms with Crippen LogP contribution in [-0.4, -0.2) is 14.1 Å². The van der Waals surface area contributed by atoms with Crippen molar-refractivity contribution in [3.63, 3.8) is 0 Å². The highest BCUT2D eigenvalue weighted by Crippen LogP contribution is 2.54. The molecule has 1 aliphatic carbocycles. The van der Waals surface area contributed by atoms with E-state index in [-0.39, 0.29) is 17.3 Å². The molecule has 3 nitrogen and oxygen atoms in total. The minimum atomic E-state index is -0.464. The van der Waals surface area contributed by atoms with Crippen LogP contribution >= 0.6 is 0 Å². The summed E-state index contributed by atoms with van der Waals surface area (Å²) in [5, 5.41) is 2.61. The monoisotopic (exact) mass is 641 g/mol. The van der Waals surface area contributed by atoms with Gasteiger partial charge in [0, 0.05) is 68.2 Å². The summed E-state index contributed by atoms with van der Waals surface area (Å²) in [7, 11) is 6.35. The van der Waals surface area contributed by atoms with Crippen LogP contribution in [-0.2, 0) is 30.8 Å². The van der Waals surface area contributed by atoms with Gasteiger partial charge in [-0.15, -0.1) is 0 Å². The molecule has 0 N–H and O–H groups in total. The molecular formula is C44H52FN3+2. The van der Waals surface area contributed by atoms with Crippen LogP contribution in [0.5, 0.6) is 0 Å². The van der Waals surface area contributed by atoms with Gasteiger partial charge in [0.1, 0.15) is 12.9 Å². The van der Waals surface area contributed by atoms with Gasteiger partial charge in [0.15, 0.2) is 17.9 Å². The number of benzene rings is 3. The Bertz CT molecular complexity index is 2030. The molecule has 0 radical (unpaired) electrons. The fourth-order valence-electron chi connectivity index (χ4n) is 9.12. The molecule has 1 aliphatic heterocycles. The molecule has 0 saturated carbocycles. The summed E-state index contributed by atoms with van der Waals surface area (Å²) in [6.07, 6.45) is 11.8. The van der Waals surface area contributed by atoms with E-state index < -0.39 is 5.41 Å². The molecule has 248 valence electrons. The van der Waals surface area contributed by atoms with E-state index in [9.17, 15) is 0 Å². The Hall–Kier alpha value is -4.05. The number of pyridine rings is 2. The maximum atomic E-state index is 16.6. The number of nitrogens with zero attached hydrogens (tertiary/aromatic N) is 3. The predicted molar refractivity (Wildman–Crippen MR) is 197 cm³/mol. The first kappa shape index (κ1) is 32.5. The summed E-state index contributed by atoms with van der Waals surface area (Å²) in [5.41, 5.74) is 11.6. The molecule has 1 atom stereocenters.